The minimum Gasteiger partial charge on any atom is -0.481 e. The molecule has 0 saturated carbocycles. The summed E-state index contributed by atoms with van der Waals surface area (Å²) >= 11 is 0. The van der Waals surface area contributed by atoms with E-state index in [9.17, 15) is 34.8 Å². The average molecular weight is 825 g/mol. The van der Waals surface area contributed by atoms with Crippen LogP contribution in [0.1, 0.15) is 126 Å². The van der Waals surface area contributed by atoms with Crippen LogP contribution in [-0.2, 0) is 38.0 Å². The van der Waals surface area contributed by atoms with Gasteiger partial charge in [-0.2, -0.15) is 0 Å². The van der Waals surface area contributed by atoms with Crippen LogP contribution >= 0.6 is 0 Å². The maximum absolute atomic E-state index is 14.4. The van der Waals surface area contributed by atoms with Crippen molar-refractivity contribution in [3.63, 3.8) is 0 Å². The van der Waals surface area contributed by atoms with Crippen molar-refractivity contribution in [2.75, 3.05) is 13.2 Å². The number of hydrogen-bond acceptors (Lipinski definition) is 13. The Balaban J connectivity index is 1.35. The average Bonchev–Trinajstić information content (AvgIpc) is 3.62. The molecule has 15 heteroatoms. The Morgan fingerprint density at radius 1 is 0.966 bits per heavy atom. The lowest BCUT2D eigenvalue weighted by Gasteiger charge is -2.54. The van der Waals surface area contributed by atoms with Crippen molar-refractivity contribution >= 4 is 17.8 Å². The summed E-state index contributed by atoms with van der Waals surface area (Å²) in [6.07, 6.45) is 4.11. The Labute approximate surface area is 344 Å². The molecule has 0 aromatic carbocycles. The summed E-state index contributed by atoms with van der Waals surface area (Å²) in [6, 6.07) is -0.900. The first-order valence-corrected chi connectivity index (χ1v) is 22.0. The zero-order valence-electron chi connectivity index (χ0n) is 35.7. The number of ether oxygens (including phenoxy) is 6. The van der Waals surface area contributed by atoms with E-state index in [-0.39, 0.29) is 36.9 Å². The van der Waals surface area contributed by atoms with Crippen LogP contribution in [0.5, 0.6) is 0 Å². The molecule has 0 aliphatic carbocycles. The number of amides is 1. The van der Waals surface area contributed by atoms with E-state index >= 15 is 0 Å². The van der Waals surface area contributed by atoms with Crippen molar-refractivity contribution in [2.24, 2.45) is 35.3 Å². The summed E-state index contributed by atoms with van der Waals surface area (Å²) < 4.78 is 39.3. The number of carboxylic acids is 1. The molecule has 332 valence electrons. The molecule has 5 heterocycles. The number of aliphatic carboxylic acids is 1. The molecule has 15 nitrogen and oxygen atoms in total. The highest BCUT2D eigenvalue weighted by molar-refractivity contribution is 5.84. The second kappa shape index (κ2) is 19.7. The zero-order chi connectivity index (χ0) is 42.6. The van der Waals surface area contributed by atoms with Gasteiger partial charge in [0.15, 0.2) is 11.9 Å². The topological polar surface area (TPSA) is 226 Å². The summed E-state index contributed by atoms with van der Waals surface area (Å²) in [6.45, 7) is 13.4. The number of carboxylic acid groups (broad SMARTS) is 1. The van der Waals surface area contributed by atoms with Gasteiger partial charge in [0.2, 0.25) is 5.79 Å². The quantitative estimate of drug-likeness (QED) is 0.0940. The van der Waals surface area contributed by atoms with Gasteiger partial charge < -0.3 is 59.9 Å². The number of ketones is 1. The fraction of sp³-hybridized carbons (Fsp3) is 0.884. The third-order valence-corrected chi connectivity index (χ3v) is 14.1. The number of nitrogens with two attached hydrogens (primary N) is 1. The monoisotopic (exact) mass is 825 g/mol. The predicted octanol–water partition coefficient (Wildman–Crippen LogP) is 4.36. The van der Waals surface area contributed by atoms with Gasteiger partial charge in [-0.05, 0) is 95.6 Å². The Morgan fingerprint density at radius 2 is 1.66 bits per heavy atom. The fourth-order valence-electron chi connectivity index (χ4n) is 10.2. The van der Waals surface area contributed by atoms with Crippen LogP contribution in [0.2, 0.25) is 0 Å². The van der Waals surface area contributed by atoms with Crippen LogP contribution in [0, 0.1) is 29.6 Å². The van der Waals surface area contributed by atoms with Crippen molar-refractivity contribution in [2.45, 2.75) is 198 Å². The summed E-state index contributed by atoms with van der Waals surface area (Å²) in [5, 5.41) is 44.3. The number of carbonyl (C=O) groups excluding carboxylic acids is 2. The van der Waals surface area contributed by atoms with E-state index < -0.39 is 95.8 Å². The molecule has 4 fully saturated rings. The molecule has 1 amide bonds. The highest BCUT2D eigenvalue weighted by atomic mass is 16.8. The molecule has 0 bridgehead atoms. The molecule has 5 rings (SSSR count). The number of hydrogen-bond donors (Lipinski definition) is 6. The fourth-order valence-corrected chi connectivity index (χ4v) is 10.2. The standard InChI is InChI=1S/C43H72N2O13/c1-8-28(39(49)50)30-13-11-14-33(54-30)35(44)37(48)26(6)36(47)29(9-2)38-24(4)23-25(5)42(57-38)20-17-34(55-40(51)45-21-12-22-46)43(58-42)19-16-32(56-43)31-15-18-41(52,10-3)27(7)53-31/h17,20,24-35,37-38,46,48,52H,8-16,18-19,21-23,44H2,1-7H3,(H,45,51)(H,49,50)/t24-,25+,26+,27-,28+,29-,30+,31+,32?,33+,34+,35+,37+,38-,41+,42-,43-/m0/s1. The summed E-state index contributed by atoms with van der Waals surface area (Å²) in [4.78, 5) is 39.3. The first-order chi connectivity index (χ1) is 27.5. The van der Waals surface area contributed by atoms with Gasteiger partial charge >= 0.3 is 12.1 Å². The Morgan fingerprint density at radius 3 is 2.29 bits per heavy atom. The second-order valence-electron chi connectivity index (χ2n) is 17.8. The maximum atomic E-state index is 14.4. The zero-order valence-corrected chi connectivity index (χ0v) is 35.7. The minimum absolute atomic E-state index is 0.0668. The lowest BCUT2D eigenvalue weighted by atomic mass is 9.73. The molecule has 0 radical (unpaired) electrons. The van der Waals surface area contributed by atoms with Gasteiger partial charge in [0.05, 0.1) is 60.3 Å². The van der Waals surface area contributed by atoms with Gasteiger partial charge in [-0.3, -0.25) is 9.59 Å². The van der Waals surface area contributed by atoms with Gasteiger partial charge in [0.1, 0.15) is 5.78 Å². The number of rotatable bonds is 16. The van der Waals surface area contributed by atoms with Crippen molar-refractivity contribution in [1.29, 1.82) is 0 Å². The lowest BCUT2D eigenvalue weighted by Crippen LogP contribution is -2.63. The van der Waals surface area contributed by atoms with Crippen LogP contribution in [0.3, 0.4) is 0 Å². The van der Waals surface area contributed by atoms with Crippen LogP contribution < -0.4 is 11.1 Å². The number of Topliss-reactive ketones (excluding diaryl/α,β-unsaturated/α-hetero) is 1. The third kappa shape index (κ3) is 9.78. The maximum Gasteiger partial charge on any atom is 0.407 e. The van der Waals surface area contributed by atoms with E-state index in [0.29, 0.717) is 77.0 Å². The SMILES string of the molecule is CC[C@@H](C(=O)[C@@H](C)[C@@H](O)[C@H](N)[C@H]1CCC[C@H]([C@@H](CC)C(=O)O)O1)[C@H]1O[C@]2(C=C[C@@H](OC(=O)NCCCO)[C@]3(CCC([C@H]4CC[C@](O)(CC)[C@H](C)O4)O3)O2)[C@H](C)C[C@@H]1C. The largest absolute Gasteiger partial charge is 0.481 e. The predicted molar refractivity (Wildman–Crippen MR) is 212 cm³/mol. The van der Waals surface area contributed by atoms with Gasteiger partial charge in [0.25, 0.3) is 0 Å². The molecular formula is C43H72N2O13. The lowest BCUT2D eigenvalue weighted by molar-refractivity contribution is -0.400. The smallest absolute Gasteiger partial charge is 0.407 e. The number of nitrogens with one attached hydrogen (secondary N) is 1. The van der Waals surface area contributed by atoms with Gasteiger partial charge in [-0.25, -0.2) is 4.79 Å². The molecule has 0 aromatic heterocycles. The Bertz CT molecular complexity index is 1430. The Hall–Kier alpha value is -2.21. The molecule has 58 heavy (non-hydrogen) atoms. The normalized spacial score (nSPS) is 40.4. The van der Waals surface area contributed by atoms with E-state index in [1.54, 1.807) is 19.1 Å². The molecule has 1 unspecified atom stereocenters. The number of aliphatic hydroxyl groups is 3. The summed E-state index contributed by atoms with van der Waals surface area (Å²) in [7, 11) is 0. The molecular weight excluding hydrogens is 752 g/mol. The highest BCUT2D eigenvalue weighted by Crippen LogP contribution is 2.52. The van der Waals surface area contributed by atoms with Gasteiger partial charge in [0, 0.05) is 37.3 Å². The molecule has 5 aliphatic rings. The highest BCUT2D eigenvalue weighted by Gasteiger charge is 2.61. The van der Waals surface area contributed by atoms with Gasteiger partial charge in [-0.15, -0.1) is 0 Å². The number of alkyl carbamates (subject to hydrolysis) is 1. The third-order valence-electron chi connectivity index (χ3n) is 14.1. The second-order valence-corrected chi connectivity index (χ2v) is 17.8. The molecule has 17 atom stereocenters. The van der Waals surface area contributed by atoms with Gasteiger partial charge in [-0.1, -0.05) is 41.5 Å². The van der Waals surface area contributed by atoms with Crippen molar-refractivity contribution in [1.82, 2.24) is 5.32 Å². The van der Waals surface area contributed by atoms with E-state index in [0.717, 1.165) is 0 Å². The van der Waals surface area contributed by atoms with E-state index in [2.05, 4.69) is 5.32 Å². The summed E-state index contributed by atoms with van der Waals surface area (Å²) in [5.41, 5.74) is 5.69. The first-order valence-electron chi connectivity index (χ1n) is 22.0. The summed E-state index contributed by atoms with van der Waals surface area (Å²) in [5.74, 6) is -6.34. The van der Waals surface area contributed by atoms with E-state index in [1.807, 2.05) is 41.5 Å². The Kier molecular flexibility index (Phi) is 15.9. The molecule has 7 N–H and O–H groups in total. The number of carbonyl (C=O) groups is 3. The molecule has 2 spiro atoms. The van der Waals surface area contributed by atoms with Crippen LogP contribution in [0.25, 0.3) is 0 Å². The van der Waals surface area contributed by atoms with E-state index in [4.69, 9.17) is 34.2 Å². The molecule has 0 aromatic rings. The number of aliphatic hydroxyl groups excluding tert-OH is 2. The van der Waals surface area contributed by atoms with Crippen molar-refractivity contribution in [3.05, 3.63) is 12.2 Å². The van der Waals surface area contributed by atoms with Crippen LogP contribution in [0.4, 0.5) is 4.79 Å². The molecule has 4 saturated heterocycles. The first kappa shape index (κ1) is 46.8. The van der Waals surface area contributed by atoms with Crippen LogP contribution in [0.15, 0.2) is 12.2 Å². The van der Waals surface area contributed by atoms with Crippen molar-refractivity contribution in [3.8, 4) is 0 Å². The van der Waals surface area contributed by atoms with Crippen LogP contribution in [-0.4, -0.2) is 123 Å². The van der Waals surface area contributed by atoms with E-state index in [1.165, 1.54) is 0 Å². The van der Waals surface area contributed by atoms with Crippen molar-refractivity contribution < 1.29 is 63.2 Å². The minimum atomic E-state index is -1.45. The molecule has 5 aliphatic heterocycles.